The Morgan fingerprint density at radius 1 is 0.816 bits per heavy atom. The number of fused-ring (bicyclic) bond motifs is 2. The zero-order valence-corrected chi connectivity index (χ0v) is 27.6. The average molecular weight is 720 g/mol. The van der Waals surface area contributed by atoms with E-state index in [1.807, 2.05) is 32.9 Å². The van der Waals surface area contributed by atoms with Crippen LogP contribution < -0.4 is 15.1 Å². The Morgan fingerprint density at radius 3 is 2.12 bits per heavy atom. The Labute approximate surface area is 283 Å². The summed E-state index contributed by atoms with van der Waals surface area (Å²) in [5, 5.41) is 1.29. The number of nitrogens with zero attached hydrogens (tertiary/aromatic N) is 2. The molecule has 0 radical (unpaired) electrons. The molecular formula is C34H27F6N3O4S2. The first-order valence-corrected chi connectivity index (χ1v) is 16.6. The molecule has 0 saturated carbocycles. The summed E-state index contributed by atoms with van der Waals surface area (Å²) in [5.41, 5.74) is -1.67. The van der Waals surface area contributed by atoms with Crippen LogP contribution in [0.15, 0.2) is 82.6 Å². The molecule has 2 unspecified atom stereocenters. The lowest BCUT2D eigenvalue weighted by Gasteiger charge is -2.31. The first-order valence-electron chi connectivity index (χ1n) is 14.9. The molecule has 6 rings (SSSR count). The Bertz CT molecular complexity index is 2030. The van der Waals surface area contributed by atoms with Crippen LogP contribution in [0.5, 0.6) is 0 Å². The number of hydrogen-bond donors (Lipinski definition) is 1. The van der Waals surface area contributed by atoms with Crippen LogP contribution in [-0.4, -0.2) is 27.5 Å². The smallest absolute Gasteiger partial charge is 0.325 e. The topological polar surface area (TPSA) is 88.5 Å². The van der Waals surface area contributed by atoms with Crippen molar-refractivity contribution in [3.63, 3.8) is 0 Å². The molecule has 7 nitrogen and oxygen atoms in total. The van der Waals surface area contributed by atoms with Gasteiger partial charge in [-0.2, -0.15) is 26.3 Å². The van der Waals surface area contributed by atoms with Gasteiger partial charge >= 0.3 is 17.2 Å². The fourth-order valence-electron chi connectivity index (χ4n) is 6.07. The van der Waals surface area contributed by atoms with Gasteiger partial charge in [0.15, 0.2) is 0 Å². The quantitative estimate of drug-likeness (QED) is 0.169. The number of carbonyl (C=O) groups is 3. The van der Waals surface area contributed by atoms with E-state index in [1.165, 1.54) is 12.1 Å². The number of rotatable bonds is 5. The lowest BCUT2D eigenvalue weighted by atomic mass is 9.81. The number of alkyl halides is 6. The number of amides is 3. The van der Waals surface area contributed by atoms with E-state index in [0.29, 0.717) is 15.3 Å². The van der Waals surface area contributed by atoms with Gasteiger partial charge in [0.2, 0.25) is 17.7 Å². The number of aromatic nitrogens is 1. The third-order valence-electron chi connectivity index (χ3n) is 8.41. The lowest BCUT2D eigenvalue weighted by molar-refractivity contribution is -0.138. The predicted molar refractivity (Wildman–Crippen MR) is 173 cm³/mol. The summed E-state index contributed by atoms with van der Waals surface area (Å²) < 4.78 is 82.9. The van der Waals surface area contributed by atoms with E-state index in [1.54, 1.807) is 12.1 Å². The Morgan fingerprint density at radius 2 is 1.49 bits per heavy atom. The number of imide groups is 1. The van der Waals surface area contributed by atoms with Crippen LogP contribution in [0.3, 0.4) is 0 Å². The van der Waals surface area contributed by atoms with Crippen molar-refractivity contribution < 1.29 is 40.7 Å². The SMILES string of the molecule is CC(C)(C)c1ccc([C@H]2c3sc(=O)n(CC(=O)Nc4cccc(C(F)(F)F)c4)c3SC3C(=O)N(c4ccccc4C(F)(F)F)C(=O)C32)cc1. The van der Waals surface area contributed by atoms with E-state index in [4.69, 9.17) is 0 Å². The highest BCUT2D eigenvalue weighted by molar-refractivity contribution is 8.00. The molecule has 49 heavy (non-hydrogen) atoms. The minimum Gasteiger partial charge on any atom is -0.325 e. The van der Waals surface area contributed by atoms with E-state index in [2.05, 4.69) is 5.32 Å². The summed E-state index contributed by atoms with van der Waals surface area (Å²) in [6.45, 7) is 5.36. The number of anilines is 2. The van der Waals surface area contributed by atoms with Crippen LogP contribution in [0.25, 0.3) is 0 Å². The number of halogens is 6. The fourth-order valence-corrected chi connectivity index (χ4v) is 8.84. The number of para-hydroxylation sites is 1. The third-order valence-corrected chi connectivity index (χ3v) is 11.0. The van der Waals surface area contributed by atoms with Crippen molar-refractivity contribution in [2.45, 2.75) is 61.3 Å². The number of carbonyl (C=O) groups excluding carboxylic acids is 3. The summed E-state index contributed by atoms with van der Waals surface area (Å²) in [7, 11) is 0. The number of hydrogen-bond acceptors (Lipinski definition) is 6. The zero-order valence-electron chi connectivity index (χ0n) is 26.0. The van der Waals surface area contributed by atoms with Gasteiger partial charge in [-0.1, -0.05) is 86.3 Å². The maximum absolute atomic E-state index is 14.1. The molecule has 0 aliphatic carbocycles. The average Bonchev–Trinajstić information content (AvgIpc) is 3.46. The van der Waals surface area contributed by atoms with Crippen LogP contribution >= 0.6 is 23.1 Å². The molecule has 1 N–H and O–H groups in total. The molecule has 3 amide bonds. The van der Waals surface area contributed by atoms with Crippen molar-refractivity contribution in [3.8, 4) is 0 Å². The second kappa shape index (κ2) is 12.2. The van der Waals surface area contributed by atoms with Gasteiger partial charge in [0, 0.05) is 16.5 Å². The molecule has 3 atom stereocenters. The molecule has 0 bridgehead atoms. The zero-order chi connectivity index (χ0) is 35.6. The maximum Gasteiger partial charge on any atom is 0.418 e. The normalized spacial score (nSPS) is 19.5. The summed E-state index contributed by atoms with van der Waals surface area (Å²) in [5.74, 6) is -4.70. The van der Waals surface area contributed by atoms with Gasteiger partial charge in [-0.15, -0.1) is 0 Å². The van der Waals surface area contributed by atoms with Crippen molar-refractivity contribution in [2.75, 3.05) is 10.2 Å². The third kappa shape index (κ3) is 6.41. The maximum atomic E-state index is 14.1. The molecule has 1 fully saturated rings. The van der Waals surface area contributed by atoms with Crippen molar-refractivity contribution in [2.24, 2.45) is 5.92 Å². The van der Waals surface area contributed by atoms with Crippen molar-refractivity contribution in [1.82, 2.24) is 4.57 Å². The first kappa shape index (κ1) is 34.5. The van der Waals surface area contributed by atoms with Crippen molar-refractivity contribution >= 4 is 52.2 Å². The van der Waals surface area contributed by atoms with Gasteiger partial charge in [0.25, 0.3) is 0 Å². The Hall–Kier alpha value is -4.37. The van der Waals surface area contributed by atoms with Gasteiger partial charge < -0.3 is 5.32 Å². The highest BCUT2D eigenvalue weighted by Gasteiger charge is 2.57. The van der Waals surface area contributed by atoms with Crippen molar-refractivity contribution in [3.05, 3.63) is 110 Å². The number of thiazole rings is 1. The van der Waals surface area contributed by atoms with Crippen LogP contribution in [-0.2, 0) is 38.7 Å². The molecule has 2 aliphatic heterocycles. The van der Waals surface area contributed by atoms with Gasteiger partial charge in [-0.25, -0.2) is 4.90 Å². The van der Waals surface area contributed by atoms with Crippen molar-refractivity contribution in [1.29, 1.82) is 0 Å². The second-order valence-corrected chi connectivity index (χ2v) is 14.8. The Kier molecular flexibility index (Phi) is 8.58. The standard InChI is InChI=1S/C34H27F6N3O4S2/c1-32(2,3)18-13-11-17(12-14-18)24-25-26(29(46)43(28(25)45)22-10-5-4-9-21(22)34(38,39)40)48-30-27(24)49-31(47)42(30)16-23(44)41-20-8-6-7-19(15-20)33(35,36)37/h4-15,24-26H,16H2,1-3H3,(H,41,44)/t24-,25?,26?/m1/s1. The minimum absolute atomic E-state index is 0.156. The van der Waals surface area contributed by atoms with Crippen LogP contribution in [0.1, 0.15) is 53.8 Å². The molecule has 1 aromatic heterocycles. The molecule has 1 saturated heterocycles. The van der Waals surface area contributed by atoms with E-state index >= 15 is 0 Å². The largest absolute Gasteiger partial charge is 0.418 e. The molecule has 4 aromatic rings. The predicted octanol–water partition coefficient (Wildman–Crippen LogP) is 7.68. The minimum atomic E-state index is -4.87. The van der Waals surface area contributed by atoms with Gasteiger partial charge in [-0.3, -0.25) is 23.7 Å². The lowest BCUT2D eigenvalue weighted by Crippen LogP contribution is -2.33. The molecule has 2 aliphatic rings. The van der Waals surface area contributed by atoms with Crippen LogP contribution in [0.4, 0.5) is 37.7 Å². The van der Waals surface area contributed by atoms with Gasteiger partial charge in [-0.05, 0) is 46.9 Å². The summed E-state index contributed by atoms with van der Waals surface area (Å²) in [6, 6.07) is 15.4. The second-order valence-electron chi connectivity index (χ2n) is 12.7. The molecule has 0 spiro atoms. The molecule has 15 heteroatoms. The number of nitrogens with one attached hydrogen (secondary N) is 1. The molecule has 3 heterocycles. The molecule has 256 valence electrons. The summed E-state index contributed by atoms with van der Waals surface area (Å²) >= 11 is 1.55. The highest BCUT2D eigenvalue weighted by Crippen LogP contribution is 2.54. The number of thioether (sulfide) groups is 1. The van der Waals surface area contributed by atoms with E-state index in [0.717, 1.165) is 69.6 Å². The van der Waals surface area contributed by atoms with E-state index < -0.39 is 75.4 Å². The van der Waals surface area contributed by atoms with Crippen LogP contribution in [0.2, 0.25) is 0 Å². The fraction of sp³-hybridized carbons (Fsp3) is 0.294. The van der Waals surface area contributed by atoms with Gasteiger partial charge in [0.1, 0.15) is 11.8 Å². The van der Waals surface area contributed by atoms with E-state index in [-0.39, 0.29) is 16.1 Å². The highest BCUT2D eigenvalue weighted by atomic mass is 32.2. The summed E-state index contributed by atoms with van der Waals surface area (Å²) in [4.78, 5) is 54.8. The Balaban J connectivity index is 1.42. The summed E-state index contributed by atoms with van der Waals surface area (Å²) in [6.07, 6.45) is -9.52. The first-order chi connectivity index (χ1) is 22.9. The molecular weight excluding hydrogens is 693 g/mol. The molecule has 3 aromatic carbocycles. The van der Waals surface area contributed by atoms with E-state index in [9.17, 15) is 45.5 Å². The van der Waals surface area contributed by atoms with Crippen LogP contribution in [0, 0.1) is 5.92 Å². The monoisotopic (exact) mass is 719 g/mol. The van der Waals surface area contributed by atoms with Gasteiger partial charge in [0.05, 0.1) is 27.8 Å². The number of benzene rings is 3.